The first kappa shape index (κ1) is 104. The highest BCUT2D eigenvalue weighted by Gasteiger charge is 2.53. The summed E-state index contributed by atoms with van der Waals surface area (Å²) in [6.45, 7) is 8.99. The average molecular weight is 1870 g/mol. The van der Waals surface area contributed by atoms with E-state index in [1.807, 2.05) is 60.7 Å². The Morgan fingerprint density at radius 3 is 1.05 bits per heavy atom. The number of amides is 1. The van der Waals surface area contributed by atoms with E-state index in [0.29, 0.717) is 22.6 Å². The van der Waals surface area contributed by atoms with Crippen molar-refractivity contribution in [2.45, 2.75) is 126 Å². The van der Waals surface area contributed by atoms with Crippen LogP contribution in [0.5, 0.6) is 28.7 Å². The van der Waals surface area contributed by atoms with Crippen LogP contribution in [0.2, 0.25) is 0 Å². The van der Waals surface area contributed by atoms with Crippen LogP contribution in [0.1, 0.15) is 78.1 Å². The smallest absolute Gasteiger partial charge is 0.480 e. The van der Waals surface area contributed by atoms with Crippen molar-refractivity contribution in [3.8, 4) is 28.7 Å². The van der Waals surface area contributed by atoms with E-state index in [1.54, 1.807) is 12.1 Å². The zero-order chi connectivity index (χ0) is 95.1. The topological polar surface area (TPSA) is 547 Å². The lowest BCUT2D eigenvalue weighted by atomic mass is 9.87. The summed E-state index contributed by atoms with van der Waals surface area (Å²) < 4.78 is 142. The van der Waals surface area contributed by atoms with Crippen LogP contribution in [0.4, 0.5) is 45.0 Å². The Morgan fingerprint density at radius 2 is 0.746 bits per heavy atom. The predicted molar refractivity (Wildman–Crippen MR) is 451 cm³/mol. The number of nitrogens with two attached hydrogens (primary N) is 1. The van der Waals surface area contributed by atoms with Crippen LogP contribution in [0.3, 0.4) is 0 Å². The quantitative estimate of drug-likeness (QED) is 0.00618. The molecule has 0 bridgehead atoms. The van der Waals surface area contributed by atoms with Crippen molar-refractivity contribution < 1.29 is 151 Å². The highest BCUT2D eigenvalue weighted by Crippen LogP contribution is 2.42. The number of alkyl carbamates (subject to hydrolysis) is 1. The summed E-state index contributed by atoms with van der Waals surface area (Å²) >= 11 is 5.39. The van der Waals surface area contributed by atoms with Crippen LogP contribution >= 0.6 is 11.6 Å². The zero-order valence-electron chi connectivity index (χ0n) is 69.0. The van der Waals surface area contributed by atoms with Gasteiger partial charge in [0.1, 0.15) is 52.5 Å². The number of nitro benzene ring substituents is 3. The van der Waals surface area contributed by atoms with Crippen LogP contribution in [0.25, 0.3) is 0 Å². The second-order valence-electron chi connectivity index (χ2n) is 27.2. The van der Waals surface area contributed by atoms with Crippen molar-refractivity contribution in [3.63, 3.8) is 0 Å². The van der Waals surface area contributed by atoms with E-state index in [-0.39, 0.29) is 90.5 Å². The summed E-state index contributed by atoms with van der Waals surface area (Å²) in [6, 6.07) is 53.4. The Hall–Kier alpha value is -14.9. The molecule has 9 aromatic rings. The molecule has 2 heterocycles. The fourth-order valence-corrected chi connectivity index (χ4v) is 14.7. The Bertz CT molecular complexity index is 5560. The molecule has 2 saturated heterocycles. The van der Waals surface area contributed by atoms with E-state index in [9.17, 15) is 104 Å². The molecule has 9 aromatic carbocycles. The van der Waals surface area contributed by atoms with Crippen LogP contribution in [-0.4, -0.2) is 168 Å². The van der Waals surface area contributed by atoms with E-state index in [1.165, 1.54) is 208 Å². The number of nitro groups is 3. The minimum absolute atomic E-state index is 0. The number of carbonyl (C=O) groups is 9. The maximum Gasteiger partial charge on any atom is 0.516 e. The number of benzene rings is 9. The van der Waals surface area contributed by atoms with Crippen molar-refractivity contribution in [2.75, 3.05) is 26.2 Å². The molecule has 0 saturated carbocycles. The number of ether oxygens (including phenoxy) is 12. The molecule has 6 atom stereocenters. The number of aliphatic carboxylic acids is 2. The minimum Gasteiger partial charge on any atom is -0.480 e. The van der Waals surface area contributed by atoms with Crippen LogP contribution in [0.15, 0.2) is 240 Å². The van der Waals surface area contributed by atoms with Gasteiger partial charge in [0, 0.05) is 84.4 Å². The fraction of sp³-hybridized carbons (Fsp3) is 0.259. The predicted octanol–water partition coefficient (Wildman–Crippen LogP) is 13.6. The van der Waals surface area contributed by atoms with Gasteiger partial charge in [-0.1, -0.05) is 104 Å². The second-order valence-corrected chi connectivity index (χ2v) is 31.7. The molecule has 5 N–H and O–H groups in total. The molecular formula is C85H86ClF2N7O33S2. The molecule has 0 spiro atoms. The lowest BCUT2D eigenvalue weighted by Crippen LogP contribution is -2.64. The van der Waals surface area contributed by atoms with E-state index in [4.69, 9.17) is 50.9 Å². The molecule has 4 unspecified atom stereocenters. The monoisotopic (exact) mass is 1870 g/mol. The molecule has 1 amide bonds. The van der Waals surface area contributed by atoms with Gasteiger partial charge in [0.15, 0.2) is 16.8 Å². The number of non-ortho nitro benzene ring substituents is 3. The minimum atomic E-state index is -4.02. The molecule has 692 valence electrons. The van der Waals surface area contributed by atoms with E-state index in [0.717, 1.165) is 18.1 Å². The first-order chi connectivity index (χ1) is 60.8. The number of hydrogen-bond acceptors (Lipinski definition) is 32. The van der Waals surface area contributed by atoms with Crippen molar-refractivity contribution >= 4 is 103 Å². The number of alkyl halides is 1. The van der Waals surface area contributed by atoms with E-state index in [2.05, 4.69) is 33.7 Å². The molecule has 40 nitrogen and oxygen atoms in total. The van der Waals surface area contributed by atoms with E-state index < -0.39 is 149 Å². The Balaban J connectivity index is 0.000000263. The van der Waals surface area contributed by atoms with Gasteiger partial charge in [0.2, 0.25) is 38.9 Å². The van der Waals surface area contributed by atoms with Crippen molar-refractivity contribution in [1.82, 2.24) is 13.9 Å². The number of sulfonamides is 2. The summed E-state index contributed by atoms with van der Waals surface area (Å²) in [7, 11) is -7.88. The van der Waals surface area contributed by atoms with Gasteiger partial charge in [0.25, 0.3) is 17.1 Å². The van der Waals surface area contributed by atoms with Gasteiger partial charge in [-0.3, -0.25) is 49.5 Å². The molecule has 2 aliphatic rings. The molecule has 130 heavy (non-hydrogen) atoms. The Morgan fingerprint density at radius 1 is 0.438 bits per heavy atom. The van der Waals surface area contributed by atoms with Crippen molar-refractivity contribution in [2.24, 2.45) is 5.73 Å². The number of nitrogens with one attached hydrogen (secondary N) is 1. The zero-order valence-corrected chi connectivity index (χ0v) is 71.3. The number of carboxylic acids is 2. The van der Waals surface area contributed by atoms with Gasteiger partial charge in [-0.15, -0.1) is 0 Å². The van der Waals surface area contributed by atoms with Crippen molar-refractivity contribution in [3.05, 3.63) is 295 Å². The van der Waals surface area contributed by atoms with Gasteiger partial charge in [-0.05, 0) is 145 Å². The van der Waals surface area contributed by atoms with Gasteiger partial charge in [-0.25, -0.2) is 49.6 Å². The third-order valence-corrected chi connectivity index (χ3v) is 20.9. The first-order valence-corrected chi connectivity index (χ1v) is 41.1. The van der Waals surface area contributed by atoms with Crippen LogP contribution in [0, 0.1) is 42.0 Å². The lowest BCUT2D eigenvalue weighted by Gasteiger charge is -2.48. The number of carboxylic acid groups (broad SMARTS) is 2. The van der Waals surface area contributed by atoms with Crippen LogP contribution in [-0.2, 0) is 101 Å². The third-order valence-electron chi connectivity index (χ3n) is 17.3. The average Bonchev–Trinajstić information content (AvgIpc) is 0.735. The maximum absolute atomic E-state index is 13.6. The molecule has 11 rings (SSSR count). The number of nitrogens with zero attached hydrogens (tertiary/aromatic N) is 5. The standard InChI is InChI=1S/C29H29FN2O9S.C24H23FN2O5S.2C11H11NO7.C9H8ClNO5.CH4/c1-19(33)39-20(2)40-28(36)31-26(27(34)35)16-21-7-6-10-25(15-21)42(37,38)32-17-29(18-32,22-8-4-3-5-9-22)41-24-13-11-23(30)12-14-24;25-19-9-11-20(12-10-19)32-24(18-6-2-1-3-7-18)15-27(16-24)33(30,31)21-8-4-5-17(13-21)14-22(26)23(28)29;2*1-7(13)17-8(2)18-11(14)19-10-5-3-9(4-6-10)12(15)16;1-6(10)15-9(12)16-8-4-2-7(3-5-8)11(13)14;/h3-15,20,26H,16-18H2,1-2H3,(H,31,36)(H,34,35);1-13,22H,14-16,26H2,(H,28,29);2*3-6,8H,1-2H3;2-6H,1H3;1H4/t20?,26-;22-;;;;/m00..../s1. The molecular weight excluding hydrogens is 1780 g/mol. The molecule has 45 heteroatoms. The molecule has 0 aliphatic carbocycles. The van der Waals surface area contributed by atoms with E-state index >= 15 is 0 Å². The number of hydrogen-bond donors (Lipinski definition) is 4. The highest BCUT2D eigenvalue weighted by atomic mass is 35.5. The maximum atomic E-state index is 13.6. The first-order valence-electron chi connectivity index (χ1n) is 37.7. The van der Waals surface area contributed by atoms with Crippen LogP contribution < -0.4 is 34.7 Å². The summed E-state index contributed by atoms with van der Waals surface area (Å²) in [4.78, 5) is 130. The summed E-state index contributed by atoms with van der Waals surface area (Å²) in [5.74, 6) is -4.14. The summed E-state index contributed by atoms with van der Waals surface area (Å²) in [5.41, 5.74) is 4.91. The van der Waals surface area contributed by atoms with Gasteiger partial charge in [-0.2, -0.15) is 8.61 Å². The Labute approximate surface area is 745 Å². The van der Waals surface area contributed by atoms with Gasteiger partial charge >= 0.3 is 54.4 Å². The fourth-order valence-electron chi connectivity index (χ4n) is 11.5. The normalized spacial score (nSPS) is 14.1. The molecule has 2 fully saturated rings. The summed E-state index contributed by atoms with van der Waals surface area (Å²) in [6.07, 6.45) is -7.89. The molecule has 0 radical (unpaired) electrons. The molecule has 2 aliphatic heterocycles. The second kappa shape index (κ2) is 48.2. The number of carbonyl (C=O) groups excluding carboxylic acids is 7. The largest absolute Gasteiger partial charge is 0.516 e. The van der Waals surface area contributed by atoms with Gasteiger partial charge in [0.05, 0.1) is 50.7 Å². The van der Waals surface area contributed by atoms with Crippen molar-refractivity contribution in [1.29, 1.82) is 0 Å². The Kier molecular flexibility index (Phi) is 38.5. The summed E-state index contributed by atoms with van der Waals surface area (Å²) in [5, 5.41) is 52.0. The SMILES string of the molecule is C.CC(=O)OC(C)OC(=O)N[C@@H](Cc1cccc(S(=O)(=O)N2CC(Oc3ccc(F)cc3)(c3ccccc3)C2)c1)C(=O)O.CC(=O)OC(C)OC(=O)Oc1ccc([N+](=O)[O-])cc1.CC(=O)OC(C)OC(=O)Oc1ccc([N+](=O)[O-])cc1.CC(Cl)OC(=O)Oc1ccc([N+](=O)[O-])cc1.N[C@@H](Cc1cccc(S(=O)(=O)N2CC(Oc3ccc(F)cc3)(c3ccccc3)C2)c1)C(=O)O. The number of halogens is 3. The van der Waals surface area contributed by atoms with Gasteiger partial charge < -0.3 is 78.1 Å². The lowest BCUT2D eigenvalue weighted by molar-refractivity contribution is -0.385. The highest BCUT2D eigenvalue weighted by molar-refractivity contribution is 7.89. The number of esters is 3. The number of rotatable bonds is 30. The molecule has 0 aromatic heterocycles. The third kappa shape index (κ3) is 32.5.